The molecule has 0 amide bonds. The van der Waals surface area contributed by atoms with Crippen molar-refractivity contribution in [2.75, 3.05) is 20.2 Å². The van der Waals surface area contributed by atoms with Crippen molar-refractivity contribution in [3.05, 3.63) is 28.8 Å². The predicted octanol–water partition coefficient (Wildman–Crippen LogP) is 2.94. The topological polar surface area (TPSA) is 12.5 Å². The van der Waals surface area contributed by atoms with Crippen molar-refractivity contribution >= 4 is 11.6 Å². The third-order valence-electron chi connectivity index (χ3n) is 2.71. The van der Waals surface area contributed by atoms with E-state index in [0.29, 0.717) is 6.00 Å². The Balaban J connectivity index is 2.96. The van der Waals surface area contributed by atoms with Gasteiger partial charge in [0.2, 0.25) is 0 Å². The smallest absolute Gasteiger partial charge is 0.122 e. The standard InChI is InChI=1S/C12H18ClNO/c1-9-10(2)12(15-4)6-5-11(9)7-14(3)8-13/h5-6H,7-8H2,1-4H3. The first-order valence-corrected chi connectivity index (χ1v) is 5.51. The van der Waals surface area contributed by atoms with E-state index in [1.807, 2.05) is 13.1 Å². The second-order valence-corrected chi connectivity index (χ2v) is 4.05. The lowest BCUT2D eigenvalue weighted by molar-refractivity contribution is 0.380. The van der Waals surface area contributed by atoms with Crippen LogP contribution in [-0.2, 0) is 6.54 Å². The molecule has 0 atom stereocenters. The number of benzene rings is 1. The fourth-order valence-corrected chi connectivity index (χ4v) is 1.66. The van der Waals surface area contributed by atoms with Gasteiger partial charge in [-0.15, -0.1) is 11.6 Å². The van der Waals surface area contributed by atoms with Gasteiger partial charge >= 0.3 is 0 Å². The van der Waals surface area contributed by atoms with Crippen molar-refractivity contribution in [1.29, 1.82) is 0 Å². The van der Waals surface area contributed by atoms with Crippen LogP contribution < -0.4 is 4.74 Å². The van der Waals surface area contributed by atoms with Gasteiger partial charge < -0.3 is 4.74 Å². The van der Waals surface area contributed by atoms with Crippen LogP contribution >= 0.6 is 11.6 Å². The molecule has 0 spiro atoms. The number of nitrogens with zero attached hydrogens (tertiary/aromatic N) is 1. The van der Waals surface area contributed by atoms with Crippen LogP contribution in [0.15, 0.2) is 12.1 Å². The van der Waals surface area contributed by atoms with Gasteiger partial charge in [0.1, 0.15) is 5.75 Å². The Morgan fingerprint density at radius 2 is 1.93 bits per heavy atom. The monoisotopic (exact) mass is 227 g/mol. The maximum absolute atomic E-state index is 5.75. The Morgan fingerprint density at radius 3 is 2.47 bits per heavy atom. The zero-order chi connectivity index (χ0) is 11.4. The molecule has 0 unspecified atom stereocenters. The van der Waals surface area contributed by atoms with Crippen LogP contribution in [-0.4, -0.2) is 25.1 Å². The summed E-state index contributed by atoms with van der Waals surface area (Å²) in [5.74, 6) is 0.949. The van der Waals surface area contributed by atoms with Crippen molar-refractivity contribution in [3.8, 4) is 5.75 Å². The molecule has 2 nitrogen and oxygen atoms in total. The van der Waals surface area contributed by atoms with Crippen LogP contribution in [0.2, 0.25) is 0 Å². The summed E-state index contributed by atoms with van der Waals surface area (Å²) in [5.41, 5.74) is 3.79. The minimum absolute atomic E-state index is 0.546. The van der Waals surface area contributed by atoms with E-state index >= 15 is 0 Å². The van der Waals surface area contributed by atoms with Gasteiger partial charge in [0.15, 0.2) is 0 Å². The first-order valence-electron chi connectivity index (χ1n) is 4.97. The molecule has 0 radical (unpaired) electrons. The summed E-state index contributed by atoms with van der Waals surface area (Å²) in [6.45, 7) is 5.08. The van der Waals surface area contributed by atoms with E-state index in [-0.39, 0.29) is 0 Å². The molecule has 0 aliphatic heterocycles. The first-order chi connectivity index (χ1) is 7.10. The molecule has 0 N–H and O–H groups in total. The maximum atomic E-state index is 5.75. The largest absolute Gasteiger partial charge is 0.496 e. The summed E-state index contributed by atoms with van der Waals surface area (Å²) in [5, 5.41) is 0. The number of hydrogen-bond acceptors (Lipinski definition) is 2. The third-order valence-corrected chi connectivity index (χ3v) is 3.12. The van der Waals surface area contributed by atoms with E-state index in [0.717, 1.165) is 12.3 Å². The van der Waals surface area contributed by atoms with Gasteiger partial charge in [0.25, 0.3) is 0 Å². The zero-order valence-electron chi connectivity index (χ0n) is 9.80. The molecule has 84 valence electrons. The maximum Gasteiger partial charge on any atom is 0.122 e. The van der Waals surface area contributed by atoms with Gasteiger partial charge in [-0.05, 0) is 43.7 Å². The van der Waals surface area contributed by atoms with E-state index in [9.17, 15) is 0 Å². The molecule has 0 fully saturated rings. The Hall–Kier alpha value is -0.730. The second kappa shape index (κ2) is 5.38. The van der Waals surface area contributed by atoms with E-state index in [4.69, 9.17) is 16.3 Å². The van der Waals surface area contributed by atoms with Crippen molar-refractivity contribution < 1.29 is 4.74 Å². The molecular formula is C12H18ClNO. The van der Waals surface area contributed by atoms with E-state index in [2.05, 4.69) is 24.8 Å². The molecule has 1 aromatic rings. The highest BCUT2D eigenvalue weighted by Gasteiger charge is 2.07. The van der Waals surface area contributed by atoms with Gasteiger partial charge in [0, 0.05) is 6.54 Å². The van der Waals surface area contributed by atoms with E-state index in [1.54, 1.807) is 7.11 Å². The Labute approximate surface area is 96.8 Å². The minimum Gasteiger partial charge on any atom is -0.496 e. The molecule has 0 heterocycles. The molecule has 15 heavy (non-hydrogen) atoms. The highest BCUT2D eigenvalue weighted by Crippen LogP contribution is 2.24. The predicted molar refractivity (Wildman–Crippen MR) is 64.7 cm³/mol. The van der Waals surface area contributed by atoms with Gasteiger partial charge in [-0.3, -0.25) is 4.90 Å². The van der Waals surface area contributed by atoms with Crippen molar-refractivity contribution in [2.45, 2.75) is 20.4 Å². The second-order valence-electron chi connectivity index (χ2n) is 3.81. The molecular weight excluding hydrogens is 210 g/mol. The average Bonchev–Trinajstić information content (AvgIpc) is 2.25. The number of halogens is 1. The highest BCUT2D eigenvalue weighted by atomic mass is 35.5. The Kier molecular flexibility index (Phi) is 4.43. The Morgan fingerprint density at radius 1 is 1.27 bits per heavy atom. The van der Waals surface area contributed by atoms with Crippen LogP contribution in [0.4, 0.5) is 0 Å². The molecule has 0 saturated carbocycles. The quantitative estimate of drug-likeness (QED) is 0.579. The van der Waals surface area contributed by atoms with Crippen molar-refractivity contribution in [1.82, 2.24) is 4.90 Å². The van der Waals surface area contributed by atoms with E-state index < -0.39 is 0 Å². The lowest BCUT2D eigenvalue weighted by Crippen LogP contribution is -2.16. The SMILES string of the molecule is COc1ccc(CN(C)CCl)c(C)c1C. The number of hydrogen-bond donors (Lipinski definition) is 0. The molecule has 1 aromatic carbocycles. The van der Waals surface area contributed by atoms with E-state index in [1.165, 1.54) is 16.7 Å². The van der Waals surface area contributed by atoms with Crippen molar-refractivity contribution in [2.24, 2.45) is 0 Å². The van der Waals surface area contributed by atoms with Gasteiger partial charge in [0.05, 0.1) is 13.1 Å². The number of alkyl halides is 1. The molecule has 0 aromatic heterocycles. The highest BCUT2D eigenvalue weighted by molar-refractivity contribution is 6.17. The van der Waals surface area contributed by atoms with Crippen molar-refractivity contribution in [3.63, 3.8) is 0 Å². The summed E-state index contributed by atoms with van der Waals surface area (Å²) in [6, 6.07) is 4.66. The number of ether oxygens (including phenoxy) is 1. The Bertz CT molecular complexity index is 339. The van der Waals surface area contributed by atoms with Crippen LogP contribution in [0.25, 0.3) is 0 Å². The van der Waals surface area contributed by atoms with Crippen LogP contribution in [0.3, 0.4) is 0 Å². The van der Waals surface area contributed by atoms with Crippen LogP contribution in [0.1, 0.15) is 16.7 Å². The molecule has 3 heteroatoms. The zero-order valence-corrected chi connectivity index (χ0v) is 10.6. The average molecular weight is 228 g/mol. The van der Waals surface area contributed by atoms with Crippen LogP contribution in [0, 0.1) is 13.8 Å². The first kappa shape index (κ1) is 12.3. The van der Waals surface area contributed by atoms with Gasteiger partial charge in [-0.1, -0.05) is 6.07 Å². The fraction of sp³-hybridized carbons (Fsp3) is 0.500. The fourth-order valence-electron chi connectivity index (χ4n) is 1.58. The van der Waals surface area contributed by atoms with Gasteiger partial charge in [-0.2, -0.15) is 0 Å². The molecule has 1 rings (SSSR count). The summed E-state index contributed by atoms with van der Waals surface area (Å²) < 4.78 is 5.27. The summed E-state index contributed by atoms with van der Waals surface area (Å²) in [7, 11) is 3.71. The molecule has 0 aliphatic carbocycles. The third kappa shape index (κ3) is 2.86. The molecule has 0 bridgehead atoms. The number of rotatable bonds is 4. The normalized spacial score (nSPS) is 10.8. The summed E-state index contributed by atoms with van der Waals surface area (Å²) in [6.07, 6.45) is 0. The molecule has 0 aliphatic rings. The summed E-state index contributed by atoms with van der Waals surface area (Å²) in [4.78, 5) is 2.07. The van der Waals surface area contributed by atoms with Gasteiger partial charge in [-0.25, -0.2) is 0 Å². The lowest BCUT2D eigenvalue weighted by atomic mass is 10.0. The summed E-state index contributed by atoms with van der Waals surface area (Å²) >= 11 is 5.75. The number of methoxy groups -OCH3 is 1. The van der Waals surface area contributed by atoms with Crippen LogP contribution in [0.5, 0.6) is 5.75 Å². The molecule has 0 saturated heterocycles. The minimum atomic E-state index is 0.546. The lowest BCUT2D eigenvalue weighted by Gasteiger charge is -2.17.